The van der Waals surface area contributed by atoms with Crippen molar-refractivity contribution in [3.63, 3.8) is 0 Å². The van der Waals surface area contributed by atoms with Gasteiger partial charge in [0, 0.05) is 27.1 Å². The molecule has 0 saturated carbocycles. The van der Waals surface area contributed by atoms with Crippen molar-refractivity contribution in [2.24, 2.45) is 5.92 Å². The average Bonchev–Trinajstić information content (AvgIpc) is 2.93. The van der Waals surface area contributed by atoms with Crippen LogP contribution in [-0.4, -0.2) is 50.7 Å². The van der Waals surface area contributed by atoms with Crippen molar-refractivity contribution in [1.82, 2.24) is 4.98 Å². The summed E-state index contributed by atoms with van der Waals surface area (Å²) in [5.41, 5.74) is 0.108. The van der Waals surface area contributed by atoms with Crippen LogP contribution in [0.5, 0.6) is 0 Å². The van der Waals surface area contributed by atoms with Crippen LogP contribution in [0.4, 0.5) is 5.13 Å². The number of rotatable bonds is 5. The average molecular weight is 312 g/mol. The molecule has 0 amide bonds. The summed E-state index contributed by atoms with van der Waals surface area (Å²) < 4.78 is 10.2. The normalized spacial score (nSPS) is 18.3. The van der Waals surface area contributed by atoms with E-state index in [9.17, 15) is 9.59 Å². The molecular formula is C14H20N2O4S. The molecule has 1 aromatic heterocycles. The van der Waals surface area contributed by atoms with Gasteiger partial charge in [0.25, 0.3) is 0 Å². The van der Waals surface area contributed by atoms with Gasteiger partial charge >= 0.3 is 5.97 Å². The third kappa shape index (κ3) is 3.79. The van der Waals surface area contributed by atoms with Crippen LogP contribution in [-0.2, 0) is 9.47 Å². The highest BCUT2D eigenvalue weighted by molar-refractivity contribution is 7.17. The lowest BCUT2D eigenvalue weighted by Crippen LogP contribution is -2.30. The molecule has 0 radical (unpaired) electrons. The van der Waals surface area contributed by atoms with Gasteiger partial charge in [0.15, 0.2) is 16.6 Å². The molecular weight excluding hydrogens is 292 g/mol. The predicted molar refractivity (Wildman–Crippen MR) is 80.3 cm³/mol. The number of Topliss-reactive ketones (excluding diaryl/α,β-unsaturated/α-hetero) is 1. The second kappa shape index (κ2) is 7.00. The van der Waals surface area contributed by atoms with Gasteiger partial charge in [-0.3, -0.25) is 4.79 Å². The Morgan fingerprint density at radius 3 is 2.86 bits per heavy atom. The minimum Gasteiger partial charge on any atom is -0.464 e. The minimum absolute atomic E-state index is 0.108. The molecule has 0 aliphatic carbocycles. The van der Waals surface area contributed by atoms with Gasteiger partial charge in [0.05, 0.1) is 13.7 Å². The highest BCUT2D eigenvalue weighted by Gasteiger charge is 2.24. The van der Waals surface area contributed by atoms with Crippen LogP contribution in [0, 0.1) is 5.92 Å². The van der Waals surface area contributed by atoms with E-state index in [0.717, 1.165) is 32.6 Å². The summed E-state index contributed by atoms with van der Waals surface area (Å²) in [5, 5.41) is 0.658. The Balaban J connectivity index is 2.14. The number of nitrogens with zero attached hydrogens (tertiary/aromatic N) is 2. The zero-order chi connectivity index (χ0) is 15.4. The molecule has 1 aliphatic heterocycles. The molecule has 0 N–H and O–H groups in total. The maximum atomic E-state index is 11.7. The van der Waals surface area contributed by atoms with Crippen molar-refractivity contribution >= 4 is 28.2 Å². The Bertz CT molecular complexity index is 523. The zero-order valence-electron chi connectivity index (χ0n) is 12.5. The van der Waals surface area contributed by atoms with Gasteiger partial charge in [-0.1, -0.05) is 11.3 Å². The molecule has 21 heavy (non-hydrogen) atoms. The molecule has 1 aliphatic rings. The van der Waals surface area contributed by atoms with Crippen molar-refractivity contribution in [1.29, 1.82) is 0 Å². The number of carbonyl (C=O) groups is 2. The first-order chi connectivity index (χ1) is 10.0. The first-order valence-electron chi connectivity index (χ1n) is 6.92. The van der Waals surface area contributed by atoms with Gasteiger partial charge in [-0.25, -0.2) is 9.78 Å². The third-order valence-electron chi connectivity index (χ3n) is 3.43. The van der Waals surface area contributed by atoms with E-state index in [1.165, 1.54) is 25.4 Å². The molecule has 1 fully saturated rings. The number of hydrogen-bond acceptors (Lipinski definition) is 7. The molecule has 0 aromatic carbocycles. The van der Waals surface area contributed by atoms with Gasteiger partial charge in [-0.15, -0.1) is 0 Å². The number of carbonyl (C=O) groups excluding carboxylic acids is 2. The van der Waals surface area contributed by atoms with Crippen LogP contribution in [0.3, 0.4) is 0 Å². The maximum Gasteiger partial charge on any atom is 0.358 e. The van der Waals surface area contributed by atoms with Crippen molar-refractivity contribution in [3.8, 4) is 0 Å². The Morgan fingerprint density at radius 1 is 1.52 bits per heavy atom. The molecule has 0 bridgehead atoms. The number of ether oxygens (including phenoxy) is 2. The van der Waals surface area contributed by atoms with E-state index in [0.29, 0.717) is 15.9 Å². The molecule has 6 nitrogen and oxygen atoms in total. The first kappa shape index (κ1) is 15.9. The number of esters is 1. The van der Waals surface area contributed by atoms with E-state index in [-0.39, 0.29) is 11.5 Å². The van der Waals surface area contributed by atoms with E-state index < -0.39 is 5.97 Å². The molecule has 2 rings (SSSR count). The number of anilines is 1. The second-order valence-corrected chi connectivity index (χ2v) is 6.16. The number of methoxy groups -OCH3 is 1. The van der Waals surface area contributed by atoms with Crippen molar-refractivity contribution in [2.45, 2.75) is 19.8 Å². The fraction of sp³-hybridized carbons (Fsp3) is 0.643. The van der Waals surface area contributed by atoms with Gasteiger partial charge in [-0.05, 0) is 18.8 Å². The van der Waals surface area contributed by atoms with Crippen LogP contribution < -0.4 is 4.90 Å². The van der Waals surface area contributed by atoms with Crippen LogP contribution >= 0.6 is 11.3 Å². The number of thiazole rings is 1. The lowest BCUT2D eigenvalue weighted by molar-refractivity contribution is 0.0575. The highest BCUT2D eigenvalue weighted by Crippen LogP contribution is 2.28. The molecule has 1 saturated heterocycles. The van der Waals surface area contributed by atoms with Crippen LogP contribution in [0.15, 0.2) is 0 Å². The Kier molecular flexibility index (Phi) is 5.30. The van der Waals surface area contributed by atoms with E-state index in [1.807, 2.05) is 11.9 Å². The standard InChI is InChI=1S/C14H20N2O4S/c1-9(17)12-11(13(18)19-3)15-14(21-12)16(2)7-10-5-4-6-20-8-10/h10H,4-8H2,1-3H3. The van der Waals surface area contributed by atoms with Crippen molar-refractivity contribution < 1.29 is 19.1 Å². The van der Waals surface area contributed by atoms with Gasteiger partial charge in [0.1, 0.15) is 4.88 Å². The Hall–Kier alpha value is -1.47. The smallest absolute Gasteiger partial charge is 0.358 e. The first-order valence-corrected chi connectivity index (χ1v) is 7.73. The van der Waals surface area contributed by atoms with Gasteiger partial charge < -0.3 is 14.4 Å². The van der Waals surface area contributed by atoms with E-state index in [4.69, 9.17) is 4.74 Å². The summed E-state index contributed by atoms with van der Waals surface area (Å²) in [6, 6.07) is 0. The van der Waals surface area contributed by atoms with Crippen LogP contribution in [0.1, 0.15) is 39.9 Å². The summed E-state index contributed by atoms with van der Waals surface area (Å²) in [5.74, 6) is -0.291. The number of ketones is 1. The highest BCUT2D eigenvalue weighted by atomic mass is 32.1. The molecule has 1 atom stereocenters. The third-order valence-corrected chi connectivity index (χ3v) is 4.70. The molecule has 116 valence electrons. The lowest BCUT2D eigenvalue weighted by Gasteiger charge is -2.26. The van der Waals surface area contributed by atoms with Crippen molar-refractivity contribution in [3.05, 3.63) is 10.6 Å². The van der Waals surface area contributed by atoms with Crippen LogP contribution in [0.2, 0.25) is 0 Å². The molecule has 0 spiro atoms. The second-order valence-electron chi connectivity index (χ2n) is 5.19. The quantitative estimate of drug-likeness (QED) is 0.612. The fourth-order valence-electron chi connectivity index (χ4n) is 2.36. The van der Waals surface area contributed by atoms with Crippen molar-refractivity contribution in [2.75, 3.05) is 38.8 Å². The maximum absolute atomic E-state index is 11.7. The van der Waals surface area contributed by atoms with Gasteiger partial charge in [-0.2, -0.15) is 0 Å². The number of aromatic nitrogens is 1. The number of hydrogen-bond donors (Lipinski definition) is 0. The predicted octanol–water partition coefficient (Wildman–Crippen LogP) is 2.00. The summed E-state index contributed by atoms with van der Waals surface area (Å²) in [6.07, 6.45) is 2.20. The Labute approximate surface area is 128 Å². The summed E-state index contributed by atoms with van der Waals surface area (Å²) in [6.45, 7) is 3.81. The van der Waals surface area contributed by atoms with E-state index in [1.54, 1.807) is 0 Å². The zero-order valence-corrected chi connectivity index (χ0v) is 13.4. The molecule has 1 unspecified atom stereocenters. The van der Waals surface area contributed by atoms with Crippen LogP contribution in [0.25, 0.3) is 0 Å². The largest absolute Gasteiger partial charge is 0.464 e. The topological polar surface area (TPSA) is 68.7 Å². The minimum atomic E-state index is -0.572. The Morgan fingerprint density at radius 2 is 2.29 bits per heavy atom. The van der Waals surface area contributed by atoms with E-state index >= 15 is 0 Å². The SMILES string of the molecule is COC(=O)c1nc(N(C)CC2CCCOC2)sc1C(C)=O. The van der Waals surface area contributed by atoms with Gasteiger partial charge in [0.2, 0.25) is 0 Å². The molecule has 2 heterocycles. The molecule has 7 heteroatoms. The lowest BCUT2D eigenvalue weighted by atomic mass is 10.0. The monoisotopic (exact) mass is 312 g/mol. The van der Waals surface area contributed by atoms with E-state index in [2.05, 4.69) is 9.72 Å². The molecule has 1 aromatic rings. The summed E-state index contributed by atoms with van der Waals surface area (Å²) >= 11 is 1.23. The summed E-state index contributed by atoms with van der Waals surface area (Å²) in [4.78, 5) is 29.9. The summed E-state index contributed by atoms with van der Waals surface area (Å²) in [7, 11) is 3.20. The fourth-order valence-corrected chi connectivity index (χ4v) is 3.28.